The minimum atomic E-state index is -1.32. The summed E-state index contributed by atoms with van der Waals surface area (Å²) in [4.78, 5) is 19.2. The van der Waals surface area contributed by atoms with E-state index in [1.54, 1.807) is 12.1 Å². The molecule has 0 aliphatic rings. The predicted molar refractivity (Wildman–Crippen MR) is 108 cm³/mol. The van der Waals surface area contributed by atoms with Crippen molar-refractivity contribution < 1.29 is 18.7 Å². The van der Waals surface area contributed by atoms with Crippen molar-refractivity contribution in [2.24, 2.45) is 0 Å². The van der Waals surface area contributed by atoms with Gasteiger partial charge in [0.1, 0.15) is 23.8 Å². The molecular weight excluding hydrogens is 396 g/mol. The standard InChI is InChI=1S/C21H15F2N3O2S/c22-16-9-13(1-2-15(16)21(27)28)18-10-19(26-11-25-18)24-5-3-12-7-14-4-6-29-20(14)17(23)8-12/h1-2,4,6-11H,3,5H2,(H,27,28)(H,24,25,26). The molecule has 4 rings (SSSR count). The Bertz CT molecular complexity index is 1210. The normalized spacial score (nSPS) is 11.0. The molecule has 0 saturated carbocycles. The Balaban J connectivity index is 1.46. The highest BCUT2D eigenvalue weighted by Crippen LogP contribution is 2.26. The molecule has 5 nitrogen and oxygen atoms in total. The molecule has 0 fully saturated rings. The Hall–Kier alpha value is -3.39. The third-order valence-corrected chi connectivity index (χ3v) is 5.39. The number of hydrogen-bond acceptors (Lipinski definition) is 5. The molecule has 4 aromatic rings. The third kappa shape index (κ3) is 4.07. The van der Waals surface area contributed by atoms with Gasteiger partial charge in [-0.3, -0.25) is 0 Å². The average Bonchev–Trinajstić information content (AvgIpc) is 3.17. The topological polar surface area (TPSA) is 75.1 Å². The number of carboxylic acids is 1. The van der Waals surface area contributed by atoms with Gasteiger partial charge in [-0.25, -0.2) is 23.5 Å². The number of carbonyl (C=O) groups is 1. The zero-order chi connectivity index (χ0) is 20.4. The Morgan fingerprint density at radius 3 is 2.72 bits per heavy atom. The number of hydrogen-bond donors (Lipinski definition) is 2. The highest BCUT2D eigenvalue weighted by Gasteiger charge is 2.12. The van der Waals surface area contributed by atoms with Crippen molar-refractivity contribution in [2.45, 2.75) is 6.42 Å². The van der Waals surface area contributed by atoms with E-state index >= 15 is 0 Å². The molecule has 146 valence electrons. The van der Waals surface area contributed by atoms with Crippen LogP contribution in [0.15, 0.2) is 54.2 Å². The smallest absolute Gasteiger partial charge is 0.338 e. The minimum Gasteiger partial charge on any atom is -0.478 e. The fourth-order valence-electron chi connectivity index (χ4n) is 3.04. The number of halogens is 2. The van der Waals surface area contributed by atoms with Gasteiger partial charge in [0.05, 0.1) is 16.0 Å². The molecule has 0 aliphatic heterocycles. The number of rotatable bonds is 6. The van der Waals surface area contributed by atoms with E-state index in [2.05, 4.69) is 15.3 Å². The van der Waals surface area contributed by atoms with Crippen LogP contribution in [-0.4, -0.2) is 27.6 Å². The molecule has 0 spiro atoms. The summed E-state index contributed by atoms with van der Waals surface area (Å²) < 4.78 is 28.7. The van der Waals surface area contributed by atoms with Crippen LogP contribution >= 0.6 is 11.3 Å². The van der Waals surface area contributed by atoms with Crippen molar-refractivity contribution in [1.82, 2.24) is 9.97 Å². The van der Waals surface area contributed by atoms with Crippen LogP contribution in [0.25, 0.3) is 21.3 Å². The first kappa shape index (κ1) is 18.9. The summed E-state index contributed by atoms with van der Waals surface area (Å²) >= 11 is 1.38. The van der Waals surface area contributed by atoms with Gasteiger partial charge in [0.2, 0.25) is 0 Å². The lowest BCUT2D eigenvalue weighted by Crippen LogP contribution is -2.07. The van der Waals surface area contributed by atoms with Gasteiger partial charge >= 0.3 is 5.97 Å². The van der Waals surface area contributed by atoms with E-state index in [1.807, 2.05) is 17.5 Å². The van der Waals surface area contributed by atoms with Crippen LogP contribution < -0.4 is 5.32 Å². The number of aromatic nitrogens is 2. The van der Waals surface area contributed by atoms with Crippen LogP contribution in [0.5, 0.6) is 0 Å². The molecule has 0 unspecified atom stereocenters. The van der Waals surface area contributed by atoms with Gasteiger partial charge in [0, 0.05) is 18.2 Å². The second kappa shape index (κ2) is 7.92. The second-order valence-electron chi connectivity index (χ2n) is 6.38. The predicted octanol–water partition coefficient (Wildman–Crippen LogP) is 4.99. The summed E-state index contributed by atoms with van der Waals surface area (Å²) in [6, 6.07) is 10.9. The molecule has 0 amide bonds. The van der Waals surface area contributed by atoms with Crippen LogP contribution in [0, 0.1) is 11.6 Å². The second-order valence-corrected chi connectivity index (χ2v) is 7.30. The van der Waals surface area contributed by atoms with E-state index < -0.39 is 17.3 Å². The molecule has 2 N–H and O–H groups in total. The first-order chi connectivity index (χ1) is 14.0. The lowest BCUT2D eigenvalue weighted by atomic mass is 10.1. The van der Waals surface area contributed by atoms with Crippen molar-refractivity contribution in [1.29, 1.82) is 0 Å². The number of anilines is 1. The highest BCUT2D eigenvalue weighted by molar-refractivity contribution is 7.17. The van der Waals surface area contributed by atoms with E-state index in [9.17, 15) is 13.6 Å². The van der Waals surface area contributed by atoms with Gasteiger partial charge in [-0.15, -0.1) is 11.3 Å². The van der Waals surface area contributed by atoms with E-state index in [0.717, 1.165) is 17.0 Å². The van der Waals surface area contributed by atoms with Crippen LogP contribution in [-0.2, 0) is 6.42 Å². The Morgan fingerprint density at radius 2 is 1.93 bits per heavy atom. The number of benzene rings is 2. The molecule has 2 heterocycles. The summed E-state index contributed by atoms with van der Waals surface area (Å²) in [6.45, 7) is 0.526. The maximum absolute atomic E-state index is 14.1. The molecule has 29 heavy (non-hydrogen) atoms. The summed E-state index contributed by atoms with van der Waals surface area (Å²) in [5, 5.41) is 14.8. The lowest BCUT2D eigenvalue weighted by molar-refractivity contribution is 0.0692. The number of fused-ring (bicyclic) bond motifs is 1. The van der Waals surface area contributed by atoms with Crippen LogP contribution in [0.1, 0.15) is 15.9 Å². The zero-order valence-corrected chi connectivity index (χ0v) is 15.8. The van der Waals surface area contributed by atoms with Gasteiger partial charge in [0.15, 0.2) is 0 Å². The van der Waals surface area contributed by atoms with E-state index in [0.29, 0.717) is 34.7 Å². The average molecular weight is 411 g/mol. The van der Waals surface area contributed by atoms with E-state index in [-0.39, 0.29) is 5.82 Å². The quantitative estimate of drug-likeness (QED) is 0.468. The zero-order valence-electron chi connectivity index (χ0n) is 15.0. The van der Waals surface area contributed by atoms with Crippen molar-refractivity contribution in [3.05, 3.63) is 76.9 Å². The van der Waals surface area contributed by atoms with Crippen LogP contribution in [0.3, 0.4) is 0 Å². The number of nitrogens with one attached hydrogen (secondary N) is 1. The molecular formula is C21H15F2N3O2S. The van der Waals surface area contributed by atoms with Gasteiger partial charge in [-0.05, 0) is 47.0 Å². The lowest BCUT2D eigenvalue weighted by Gasteiger charge is -2.08. The molecule has 0 radical (unpaired) electrons. The summed E-state index contributed by atoms with van der Waals surface area (Å²) in [5.74, 6) is -1.83. The van der Waals surface area contributed by atoms with Gasteiger partial charge in [-0.2, -0.15) is 0 Å². The molecule has 8 heteroatoms. The number of carboxylic acid groups (broad SMARTS) is 1. The number of aromatic carboxylic acids is 1. The Labute approximate surface area is 168 Å². The van der Waals surface area contributed by atoms with Gasteiger partial charge < -0.3 is 10.4 Å². The van der Waals surface area contributed by atoms with E-state index in [4.69, 9.17) is 5.11 Å². The summed E-state index contributed by atoms with van der Waals surface area (Å²) in [5.41, 5.74) is 1.39. The van der Waals surface area contributed by atoms with Crippen molar-refractivity contribution >= 4 is 33.2 Å². The molecule has 0 saturated heterocycles. The maximum Gasteiger partial charge on any atom is 0.338 e. The highest BCUT2D eigenvalue weighted by atomic mass is 32.1. The monoisotopic (exact) mass is 411 g/mol. The van der Waals surface area contributed by atoms with Gasteiger partial charge in [0.25, 0.3) is 0 Å². The number of thiophene rings is 1. The molecule has 2 aromatic heterocycles. The molecule has 2 aromatic carbocycles. The van der Waals surface area contributed by atoms with Crippen molar-refractivity contribution in [2.75, 3.05) is 11.9 Å². The fraction of sp³-hybridized carbons (Fsp3) is 0.0952. The summed E-state index contributed by atoms with van der Waals surface area (Å²) in [6.07, 6.45) is 1.95. The maximum atomic E-state index is 14.1. The third-order valence-electron chi connectivity index (χ3n) is 4.45. The SMILES string of the molecule is O=C(O)c1ccc(-c2cc(NCCc3cc(F)c4sccc4c3)ncn2)cc1F. The Kier molecular flexibility index (Phi) is 5.18. The largest absolute Gasteiger partial charge is 0.478 e. The summed E-state index contributed by atoms with van der Waals surface area (Å²) in [7, 11) is 0. The number of nitrogens with zero attached hydrogens (tertiary/aromatic N) is 2. The Morgan fingerprint density at radius 1 is 1.07 bits per heavy atom. The minimum absolute atomic E-state index is 0.219. The molecule has 0 aliphatic carbocycles. The van der Waals surface area contributed by atoms with Crippen molar-refractivity contribution in [3.63, 3.8) is 0 Å². The molecule has 0 atom stereocenters. The fourth-order valence-corrected chi connectivity index (χ4v) is 3.82. The van der Waals surface area contributed by atoms with E-state index in [1.165, 1.54) is 29.8 Å². The molecule has 0 bridgehead atoms. The van der Waals surface area contributed by atoms with Crippen LogP contribution in [0.2, 0.25) is 0 Å². The van der Waals surface area contributed by atoms with Gasteiger partial charge in [-0.1, -0.05) is 12.1 Å². The first-order valence-corrected chi connectivity index (χ1v) is 9.64. The van der Waals surface area contributed by atoms with Crippen LogP contribution in [0.4, 0.5) is 14.6 Å². The van der Waals surface area contributed by atoms with Crippen molar-refractivity contribution in [3.8, 4) is 11.3 Å². The first-order valence-electron chi connectivity index (χ1n) is 8.76.